The summed E-state index contributed by atoms with van der Waals surface area (Å²) in [6, 6.07) is 15.3. The molecule has 0 spiro atoms. The van der Waals surface area contributed by atoms with E-state index in [0.717, 1.165) is 11.1 Å². The van der Waals surface area contributed by atoms with Crippen LogP contribution in [0.4, 0.5) is 0 Å². The van der Waals surface area contributed by atoms with Gasteiger partial charge >= 0.3 is 5.97 Å². The van der Waals surface area contributed by atoms with E-state index in [4.69, 9.17) is 4.74 Å². The topological polar surface area (TPSA) is 43.6 Å². The first-order valence-corrected chi connectivity index (χ1v) is 7.22. The minimum atomic E-state index is -0.548. The molecule has 0 saturated carbocycles. The van der Waals surface area contributed by atoms with Crippen molar-refractivity contribution in [2.24, 2.45) is 0 Å². The number of ether oxygens (including phenoxy) is 1. The van der Waals surface area contributed by atoms with E-state index >= 15 is 0 Å². The molecule has 0 radical (unpaired) electrons. The largest absolute Gasteiger partial charge is 0.456 e. The van der Waals surface area contributed by atoms with Crippen LogP contribution in [0.25, 0.3) is 16.8 Å². The first-order chi connectivity index (χ1) is 10.5. The molecule has 2 aromatic heterocycles. The molecule has 0 unspecified atom stereocenters. The van der Waals surface area contributed by atoms with Gasteiger partial charge in [0, 0.05) is 11.8 Å². The van der Waals surface area contributed by atoms with E-state index in [-0.39, 0.29) is 5.97 Å². The maximum absolute atomic E-state index is 12.7. The van der Waals surface area contributed by atoms with E-state index in [1.54, 1.807) is 4.52 Å². The zero-order valence-electron chi connectivity index (χ0n) is 12.9. The van der Waals surface area contributed by atoms with Gasteiger partial charge in [-0.1, -0.05) is 36.4 Å². The minimum Gasteiger partial charge on any atom is -0.456 e. The summed E-state index contributed by atoms with van der Waals surface area (Å²) in [5.74, 6) is -0.354. The van der Waals surface area contributed by atoms with Crippen LogP contribution >= 0.6 is 0 Å². The van der Waals surface area contributed by atoms with Crippen LogP contribution in [0.3, 0.4) is 0 Å². The fourth-order valence-corrected chi connectivity index (χ4v) is 2.33. The summed E-state index contributed by atoms with van der Waals surface area (Å²) in [6.45, 7) is 5.58. The van der Waals surface area contributed by atoms with Gasteiger partial charge in [0.05, 0.1) is 5.52 Å². The van der Waals surface area contributed by atoms with Gasteiger partial charge in [0.2, 0.25) is 0 Å². The molecule has 0 saturated heterocycles. The molecule has 4 heteroatoms. The van der Waals surface area contributed by atoms with Crippen molar-refractivity contribution < 1.29 is 9.53 Å². The third kappa shape index (κ3) is 2.72. The van der Waals surface area contributed by atoms with Crippen LogP contribution in [-0.2, 0) is 4.74 Å². The van der Waals surface area contributed by atoms with Gasteiger partial charge in [-0.25, -0.2) is 9.31 Å². The molecule has 0 atom stereocenters. The molecule has 0 amide bonds. The lowest BCUT2D eigenvalue weighted by Crippen LogP contribution is -2.24. The number of carbonyl (C=O) groups excluding carboxylic acids is 1. The van der Waals surface area contributed by atoms with Gasteiger partial charge in [0.1, 0.15) is 16.9 Å². The number of nitrogens with zero attached hydrogens (tertiary/aromatic N) is 2. The highest BCUT2D eigenvalue weighted by Gasteiger charge is 2.25. The first kappa shape index (κ1) is 14.3. The van der Waals surface area contributed by atoms with Gasteiger partial charge in [0.25, 0.3) is 0 Å². The molecule has 22 heavy (non-hydrogen) atoms. The number of hydrogen-bond acceptors (Lipinski definition) is 3. The predicted molar refractivity (Wildman–Crippen MR) is 85.8 cm³/mol. The fraction of sp³-hybridized carbons (Fsp3) is 0.222. The highest BCUT2D eigenvalue weighted by molar-refractivity contribution is 6.03. The average molecular weight is 294 g/mol. The van der Waals surface area contributed by atoms with E-state index in [9.17, 15) is 4.79 Å². The number of rotatable bonds is 2. The van der Waals surface area contributed by atoms with Crippen molar-refractivity contribution in [2.45, 2.75) is 26.4 Å². The molecule has 4 nitrogen and oxygen atoms in total. The summed E-state index contributed by atoms with van der Waals surface area (Å²) >= 11 is 0. The zero-order valence-corrected chi connectivity index (χ0v) is 12.9. The Morgan fingerprint density at radius 2 is 1.73 bits per heavy atom. The van der Waals surface area contributed by atoms with E-state index < -0.39 is 5.60 Å². The quantitative estimate of drug-likeness (QED) is 0.672. The van der Waals surface area contributed by atoms with Crippen molar-refractivity contribution in [3.8, 4) is 11.3 Å². The van der Waals surface area contributed by atoms with Crippen molar-refractivity contribution in [1.29, 1.82) is 0 Å². The molecule has 0 aliphatic rings. The van der Waals surface area contributed by atoms with E-state index in [2.05, 4.69) is 5.10 Å². The van der Waals surface area contributed by atoms with Crippen molar-refractivity contribution in [2.75, 3.05) is 0 Å². The van der Waals surface area contributed by atoms with Crippen LogP contribution in [0.2, 0.25) is 0 Å². The molecule has 0 aliphatic heterocycles. The summed E-state index contributed by atoms with van der Waals surface area (Å²) < 4.78 is 7.27. The second-order valence-corrected chi connectivity index (χ2v) is 6.12. The number of fused-ring (bicyclic) bond motifs is 1. The Labute approximate surface area is 129 Å². The van der Waals surface area contributed by atoms with E-state index in [1.165, 1.54) is 0 Å². The highest BCUT2D eigenvalue weighted by atomic mass is 16.6. The Balaban J connectivity index is 2.20. The van der Waals surface area contributed by atoms with Gasteiger partial charge in [-0.15, -0.1) is 0 Å². The molecular formula is C18H18N2O2. The molecule has 2 heterocycles. The van der Waals surface area contributed by atoms with Crippen LogP contribution in [0.5, 0.6) is 0 Å². The number of aromatic nitrogens is 2. The zero-order chi connectivity index (χ0) is 15.7. The maximum atomic E-state index is 12.7. The smallest absolute Gasteiger partial charge is 0.343 e. The Hall–Kier alpha value is -2.62. The van der Waals surface area contributed by atoms with Crippen LogP contribution in [0.15, 0.2) is 54.7 Å². The molecular weight excluding hydrogens is 276 g/mol. The Kier molecular flexibility index (Phi) is 3.45. The molecule has 0 bridgehead atoms. The lowest BCUT2D eigenvalue weighted by atomic mass is 10.1. The molecule has 112 valence electrons. The number of benzene rings is 1. The van der Waals surface area contributed by atoms with Crippen molar-refractivity contribution in [3.05, 3.63) is 60.3 Å². The number of carbonyl (C=O) groups is 1. The highest BCUT2D eigenvalue weighted by Crippen LogP contribution is 2.28. The predicted octanol–water partition coefficient (Wildman–Crippen LogP) is 3.96. The molecule has 1 aromatic carbocycles. The maximum Gasteiger partial charge on any atom is 0.343 e. The Bertz CT molecular complexity index is 814. The second-order valence-electron chi connectivity index (χ2n) is 6.12. The normalized spacial score (nSPS) is 11.6. The Morgan fingerprint density at radius 3 is 2.41 bits per heavy atom. The van der Waals surface area contributed by atoms with E-state index in [0.29, 0.717) is 11.3 Å². The van der Waals surface area contributed by atoms with Crippen molar-refractivity contribution in [1.82, 2.24) is 9.61 Å². The summed E-state index contributed by atoms with van der Waals surface area (Å²) in [6.07, 6.45) is 1.83. The average Bonchev–Trinajstić information content (AvgIpc) is 2.86. The van der Waals surface area contributed by atoms with Crippen LogP contribution < -0.4 is 0 Å². The SMILES string of the molecule is CC(C)(C)OC(=O)c1c(-c2ccccc2)nn2ccccc12. The minimum absolute atomic E-state index is 0.354. The summed E-state index contributed by atoms with van der Waals surface area (Å²) in [5, 5.41) is 4.55. The lowest BCUT2D eigenvalue weighted by Gasteiger charge is -2.19. The van der Waals surface area contributed by atoms with Gasteiger partial charge < -0.3 is 4.74 Å². The van der Waals surface area contributed by atoms with Gasteiger partial charge in [-0.05, 0) is 32.9 Å². The van der Waals surface area contributed by atoms with Crippen LogP contribution in [0, 0.1) is 0 Å². The van der Waals surface area contributed by atoms with Gasteiger partial charge in [-0.2, -0.15) is 5.10 Å². The summed E-state index contributed by atoms with van der Waals surface area (Å²) in [7, 11) is 0. The van der Waals surface area contributed by atoms with Gasteiger partial charge in [0.15, 0.2) is 0 Å². The standard InChI is InChI=1S/C18H18N2O2/c1-18(2,3)22-17(21)15-14-11-7-8-12-20(14)19-16(15)13-9-5-4-6-10-13/h4-12H,1-3H3. The van der Waals surface area contributed by atoms with Crippen LogP contribution in [-0.4, -0.2) is 21.2 Å². The number of esters is 1. The van der Waals surface area contributed by atoms with Crippen molar-refractivity contribution in [3.63, 3.8) is 0 Å². The van der Waals surface area contributed by atoms with E-state index in [1.807, 2.05) is 75.5 Å². The fourth-order valence-electron chi connectivity index (χ4n) is 2.33. The number of hydrogen-bond donors (Lipinski definition) is 0. The molecule has 0 fully saturated rings. The Morgan fingerprint density at radius 1 is 1.05 bits per heavy atom. The summed E-state index contributed by atoms with van der Waals surface area (Å²) in [4.78, 5) is 12.7. The molecule has 0 N–H and O–H groups in total. The van der Waals surface area contributed by atoms with Gasteiger partial charge in [-0.3, -0.25) is 0 Å². The monoisotopic (exact) mass is 294 g/mol. The number of pyridine rings is 1. The molecule has 0 aliphatic carbocycles. The summed E-state index contributed by atoms with van der Waals surface area (Å²) in [5.41, 5.74) is 2.24. The molecule has 3 aromatic rings. The van der Waals surface area contributed by atoms with Crippen LogP contribution in [0.1, 0.15) is 31.1 Å². The first-order valence-electron chi connectivity index (χ1n) is 7.22. The second kappa shape index (κ2) is 5.30. The third-order valence-corrected chi connectivity index (χ3v) is 3.19. The lowest BCUT2D eigenvalue weighted by molar-refractivity contribution is 0.00727. The van der Waals surface area contributed by atoms with Crippen molar-refractivity contribution >= 4 is 11.5 Å². The third-order valence-electron chi connectivity index (χ3n) is 3.19. The molecule has 3 rings (SSSR count).